The van der Waals surface area contributed by atoms with Gasteiger partial charge < -0.3 is 16.4 Å². The van der Waals surface area contributed by atoms with Crippen LogP contribution in [0.25, 0.3) is 0 Å². The highest BCUT2D eigenvalue weighted by Gasteiger charge is 2.26. The Morgan fingerprint density at radius 1 is 1.04 bits per heavy atom. The van der Waals surface area contributed by atoms with Gasteiger partial charge in [0.05, 0.1) is 17.2 Å². The molecule has 138 valence electrons. The van der Waals surface area contributed by atoms with E-state index in [2.05, 4.69) is 10.6 Å². The second kappa shape index (κ2) is 8.83. The maximum absolute atomic E-state index is 12.6. The molecular weight excluding hydrogens is 350 g/mol. The monoisotopic (exact) mass is 373 g/mol. The quantitative estimate of drug-likeness (QED) is 0.726. The maximum Gasteiger partial charge on any atom is 0.253 e. The standard InChI is InChI=1S/C20H23N3O2.ClH/c1-13(18(21)14-7-3-2-4-8-14)19(24)23-17-10-6-5-9-16(17)20(25)22-15-11-12-15;/h2-10,13,15,18H,11-12,21H2,1H3,(H,22,25)(H,23,24);1H. The van der Waals surface area contributed by atoms with E-state index in [0.29, 0.717) is 11.3 Å². The van der Waals surface area contributed by atoms with Gasteiger partial charge in [0.1, 0.15) is 0 Å². The van der Waals surface area contributed by atoms with Crippen LogP contribution in [0.4, 0.5) is 5.69 Å². The van der Waals surface area contributed by atoms with Gasteiger partial charge in [0.2, 0.25) is 5.91 Å². The van der Waals surface area contributed by atoms with Gasteiger partial charge in [0.25, 0.3) is 5.91 Å². The van der Waals surface area contributed by atoms with E-state index < -0.39 is 12.0 Å². The summed E-state index contributed by atoms with van der Waals surface area (Å²) in [5.41, 5.74) is 8.12. The number of halogens is 1. The molecule has 6 heteroatoms. The average Bonchev–Trinajstić information content (AvgIpc) is 3.45. The molecule has 0 aromatic heterocycles. The Labute approximate surface area is 159 Å². The topological polar surface area (TPSA) is 84.2 Å². The summed E-state index contributed by atoms with van der Waals surface area (Å²) in [6, 6.07) is 16.4. The number of nitrogens with one attached hydrogen (secondary N) is 2. The summed E-state index contributed by atoms with van der Waals surface area (Å²) in [7, 11) is 0. The summed E-state index contributed by atoms with van der Waals surface area (Å²) in [5.74, 6) is -0.789. The Kier molecular flexibility index (Phi) is 6.77. The Morgan fingerprint density at radius 2 is 1.65 bits per heavy atom. The first kappa shape index (κ1) is 19.9. The number of amides is 2. The SMILES string of the molecule is CC(C(=O)Nc1ccccc1C(=O)NC1CC1)C(N)c1ccccc1.Cl. The van der Waals surface area contributed by atoms with E-state index in [1.54, 1.807) is 31.2 Å². The lowest BCUT2D eigenvalue weighted by molar-refractivity contribution is -0.120. The van der Waals surface area contributed by atoms with Crippen LogP contribution in [0.5, 0.6) is 0 Å². The molecule has 1 aliphatic carbocycles. The summed E-state index contributed by atoms with van der Waals surface area (Å²) >= 11 is 0. The predicted octanol–water partition coefficient (Wildman–Crippen LogP) is 3.28. The van der Waals surface area contributed by atoms with Crippen molar-refractivity contribution in [3.63, 3.8) is 0 Å². The smallest absolute Gasteiger partial charge is 0.253 e. The van der Waals surface area contributed by atoms with Crippen LogP contribution in [0.15, 0.2) is 54.6 Å². The van der Waals surface area contributed by atoms with E-state index in [-0.39, 0.29) is 30.3 Å². The van der Waals surface area contributed by atoms with Crippen molar-refractivity contribution in [2.24, 2.45) is 11.7 Å². The highest BCUT2D eigenvalue weighted by atomic mass is 35.5. The highest BCUT2D eigenvalue weighted by molar-refractivity contribution is 6.04. The minimum absolute atomic E-state index is 0. The molecule has 0 aliphatic heterocycles. The van der Waals surface area contributed by atoms with Crippen LogP contribution in [-0.2, 0) is 4.79 Å². The number of benzene rings is 2. The molecule has 1 fully saturated rings. The minimum atomic E-state index is -0.429. The van der Waals surface area contributed by atoms with Crippen molar-refractivity contribution < 1.29 is 9.59 Å². The molecular formula is C20H24ClN3O2. The van der Waals surface area contributed by atoms with Crippen molar-refractivity contribution in [2.45, 2.75) is 31.8 Å². The fraction of sp³-hybridized carbons (Fsp3) is 0.300. The third-order valence-electron chi connectivity index (χ3n) is 4.48. The van der Waals surface area contributed by atoms with Crippen molar-refractivity contribution in [1.82, 2.24) is 5.32 Å². The molecule has 3 rings (SSSR count). The van der Waals surface area contributed by atoms with E-state index >= 15 is 0 Å². The zero-order valence-corrected chi connectivity index (χ0v) is 15.5. The van der Waals surface area contributed by atoms with Gasteiger partial charge in [-0.05, 0) is 30.5 Å². The Morgan fingerprint density at radius 3 is 2.31 bits per heavy atom. The summed E-state index contributed by atoms with van der Waals surface area (Å²) in [5, 5.41) is 5.80. The van der Waals surface area contributed by atoms with Crippen molar-refractivity contribution in [3.05, 3.63) is 65.7 Å². The third kappa shape index (κ3) is 4.84. The molecule has 0 radical (unpaired) electrons. The number of carbonyl (C=O) groups excluding carboxylic acids is 2. The van der Waals surface area contributed by atoms with Crippen LogP contribution in [0.2, 0.25) is 0 Å². The Balaban J connectivity index is 0.00000243. The van der Waals surface area contributed by atoms with E-state index in [0.717, 1.165) is 18.4 Å². The van der Waals surface area contributed by atoms with Crippen LogP contribution in [0.3, 0.4) is 0 Å². The van der Waals surface area contributed by atoms with E-state index in [4.69, 9.17) is 5.73 Å². The maximum atomic E-state index is 12.6. The third-order valence-corrected chi connectivity index (χ3v) is 4.48. The van der Waals surface area contributed by atoms with Crippen molar-refractivity contribution in [1.29, 1.82) is 0 Å². The first-order valence-electron chi connectivity index (χ1n) is 8.57. The molecule has 1 aliphatic rings. The Hall–Kier alpha value is -2.37. The molecule has 0 spiro atoms. The van der Waals surface area contributed by atoms with Crippen LogP contribution in [0.1, 0.15) is 41.7 Å². The minimum Gasteiger partial charge on any atom is -0.349 e. The number of rotatable bonds is 6. The van der Waals surface area contributed by atoms with Gasteiger partial charge in [0.15, 0.2) is 0 Å². The first-order valence-corrected chi connectivity index (χ1v) is 8.57. The fourth-order valence-electron chi connectivity index (χ4n) is 2.65. The van der Waals surface area contributed by atoms with E-state index in [1.807, 2.05) is 30.3 Å². The summed E-state index contributed by atoms with van der Waals surface area (Å²) in [6.45, 7) is 1.79. The lowest BCUT2D eigenvalue weighted by Gasteiger charge is -2.20. The lowest BCUT2D eigenvalue weighted by Crippen LogP contribution is -2.32. The van der Waals surface area contributed by atoms with Gasteiger partial charge in [-0.1, -0.05) is 49.4 Å². The molecule has 2 atom stereocenters. The molecule has 5 nitrogen and oxygen atoms in total. The van der Waals surface area contributed by atoms with Gasteiger partial charge in [-0.15, -0.1) is 12.4 Å². The number of carbonyl (C=O) groups is 2. The molecule has 1 saturated carbocycles. The second-order valence-corrected chi connectivity index (χ2v) is 6.51. The number of anilines is 1. The zero-order chi connectivity index (χ0) is 17.8. The van der Waals surface area contributed by atoms with Crippen LogP contribution >= 0.6 is 12.4 Å². The Bertz CT molecular complexity index is 763. The fourth-order valence-corrected chi connectivity index (χ4v) is 2.65. The average molecular weight is 374 g/mol. The van der Waals surface area contributed by atoms with Crippen molar-refractivity contribution in [2.75, 3.05) is 5.32 Å². The molecule has 0 heterocycles. The van der Waals surface area contributed by atoms with Crippen molar-refractivity contribution in [3.8, 4) is 0 Å². The number of hydrogen-bond acceptors (Lipinski definition) is 3. The van der Waals surface area contributed by atoms with Gasteiger partial charge in [-0.3, -0.25) is 9.59 Å². The van der Waals surface area contributed by atoms with E-state index in [9.17, 15) is 9.59 Å². The molecule has 2 aromatic carbocycles. The number of hydrogen-bond donors (Lipinski definition) is 3. The molecule has 2 amide bonds. The molecule has 26 heavy (non-hydrogen) atoms. The summed E-state index contributed by atoms with van der Waals surface area (Å²) in [6.07, 6.45) is 2.03. The van der Waals surface area contributed by atoms with Crippen LogP contribution < -0.4 is 16.4 Å². The lowest BCUT2D eigenvalue weighted by atomic mass is 9.94. The zero-order valence-electron chi connectivity index (χ0n) is 14.6. The number of para-hydroxylation sites is 1. The molecule has 0 saturated heterocycles. The van der Waals surface area contributed by atoms with Crippen LogP contribution in [-0.4, -0.2) is 17.9 Å². The highest BCUT2D eigenvalue weighted by Crippen LogP contribution is 2.24. The first-order chi connectivity index (χ1) is 12.1. The van der Waals surface area contributed by atoms with Gasteiger partial charge in [-0.2, -0.15) is 0 Å². The van der Waals surface area contributed by atoms with Crippen molar-refractivity contribution >= 4 is 29.9 Å². The predicted molar refractivity (Wildman–Crippen MR) is 105 cm³/mol. The molecule has 4 N–H and O–H groups in total. The molecule has 2 unspecified atom stereocenters. The van der Waals surface area contributed by atoms with Gasteiger partial charge in [0, 0.05) is 12.1 Å². The van der Waals surface area contributed by atoms with E-state index in [1.165, 1.54) is 0 Å². The largest absolute Gasteiger partial charge is 0.349 e. The van der Waals surface area contributed by atoms with Gasteiger partial charge in [-0.25, -0.2) is 0 Å². The molecule has 2 aromatic rings. The normalized spacial score (nSPS) is 15.3. The number of nitrogens with two attached hydrogens (primary N) is 1. The van der Waals surface area contributed by atoms with Crippen LogP contribution in [0, 0.1) is 5.92 Å². The summed E-state index contributed by atoms with van der Waals surface area (Å²) in [4.78, 5) is 24.9. The second-order valence-electron chi connectivity index (χ2n) is 6.51. The molecule has 0 bridgehead atoms. The van der Waals surface area contributed by atoms with Gasteiger partial charge >= 0.3 is 0 Å². The summed E-state index contributed by atoms with van der Waals surface area (Å²) < 4.78 is 0.